The van der Waals surface area contributed by atoms with Gasteiger partial charge in [0, 0.05) is 11.8 Å². The van der Waals surface area contributed by atoms with Gasteiger partial charge in [0.2, 0.25) is 0 Å². The first-order chi connectivity index (χ1) is 16.9. The van der Waals surface area contributed by atoms with Crippen LogP contribution in [-0.2, 0) is 4.79 Å². The second-order valence-electron chi connectivity index (χ2n) is 7.82. The van der Waals surface area contributed by atoms with Crippen LogP contribution in [-0.4, -0.2) is 17.6 Å². The number of halogens is 1. The highest BCUT2D eigenvalue weighted by Crippen LogP contribution is 2.31. The number of nitrogens with one attached hydrogen (secondary N) is 1. The molecule has 3 heterocycles. The summed E-state index contributed by atoms with van der Waals surface area (Å²) in [6.45, 7) is 1.79. The second-order valence-corrected chi connectivity index (χ2v) is 9.61. The fourth-order valence-corrected chi connectivity index (χ4v) is 5.31. The average Bonchev–Trinajstić information content (AvgIpc) is 3.41. The van der Waals surface area contributed by atoms with Crippen LogP contribution < -0.4 is 24.9 Å². The van der Waals surface area contributed by atoms with E-state index in [0.29, 0.717) is 42.5 Å². The molecule has 4 aromatic rings. The summed E-state index contributed by atoms with van der Waals surface area (Å²) in [7, 11) is 1.59. The first-order valence-corrected chi connectivity index (χ1v) is 12.3. The van der Waals surface area contributed by atoms with Gasteiger partial charge in [-0.05, 0) is 64.8 Å². The van der Waals surface area contributed by atoms with Gasteiger partial charge in [0.15, 0.2) is 9.47 Å². The van der Waals surface area contributed by atoms with E-state index in [1.54, 1.807) is 36.8 Å². The van der Waals surface area contributed by atoms with Gasteiger partial charge in [-0.2, -0.15) is 0 Å². The van der Waals surface area contributed by atoms with Crippen LogP contribution in [0.15, 0.2) is 96.9 Å². The molecule has 0 saturated carbocycles. The number of anilines is 1. The normalized spacial score (nSPS) is 15.5. The van der Waals surface area contributed by atoms with Crippen molar-refractivity contribution in [2.45, 2.75) is 13.0 Å². The van der Waals surface area contributed by atoms with Gasteiger partial charge in [0.05, 0.1) is 29.0 Å². The van der Waals surface area contributed by atoms with E-state index >= 15 is 0 Å². The summed E-state index contributed by atoms with van der Waals surface area (Å²) < 4.78 is 13.5. The molecule has 35 heavy (non-hydrogen) atoms. The zero-order valence-corrected chi connectivity index (χ0v) is 21.2. The van der Waals surface area contributed by atoms with Crippen molar-refractivity contribution in [1.29, 1.82) is 0 Å². The number of benzene rings is 2. The Morgan fingerprint density at radius 1 is 1.14 bits per heavy atom. The Morgan fingerprint density at radius 2 is 1.89 bits per heavy atom. The molecule has 1 aliphatic rings. The van der Waals surface area contributed by atoms with E-state index in [1.807, 2.05) is 54.6 Å². The SMILES string of the molecule is COc1ccc([C@@H]2C(C(=O)Nc3ccccc3)=C(C)N=c3s/c(=C/c4ccc(Br)o4)c(=O)n32)cc1. The lowest BCUT2D eigenvalue weighted by Crippen LogP contribution is -2.40. The van der Waals surface area contributed by atoms with E-state index in [1.165, 1.54) is 11.3 Å². The van der Waals surface area contributed by atoms with Gasteiger partial charge in [-0.25, -0.2) is 4.99 Å². The molecule has 0 fully saturated rings. The smallest absolute Gasteiger partial charge is 0.271 e. The van der Waals surface area contributed by atoms with Crippen LogP contribution in [0.4, 0.5) is 5.69 Å². The summed E-state index contributed by atoms with van der Waals surface area (Å²) in [4.78, 5) is 32.3. The quantitative estimate of drug-likeness (QED) is 0.403. The maximum Gasteiger partial charge on any atom is 0.271 e. The monoisotopic (exact) mass is 549 g/mol. The van der Waals surface area contributed by atoms with Crippen LogP contribution in [0.5, 0.6) is 5.75 Å². The fourth-order valence-electron chi connectivity index (χ4n) is 3.97. The number of furan rings is 1. The number of para-hydroxylation sites is 1. The number of allylic oxidation sites excluding steroid dienone is 1. The number of nitrogens with zero attached hydrogens (tertiary/aromatic N) is 2. The molecule has 1 aliphatic heterocycles. The highest BCUT2D eigenvalue weighted by atomic mass is 79.9. The number of thiazole rings is 1. The first-order valence-electron chi connectivity index (χ1n) is 10.7. The molecule has 0 unspecified atom stereocenters. The minimum absolute atomic E-state index is 0.250. The van der Waals surface area contributed by atoms with Crippen molar-refractivity contribution in [3.8, 4) is 5.75 Å². The maximum atomic E-state index is 13.6. The lowest BCUT2D eigenvalue weighted by atomic mass is 9.95. The highest BCUT2D eigenvalue weighted by molar-refractivity contribution is 9.10. The zero-order valence-electron chi connectivity index (χ0n) is 18.8. The molecule has 1 amide bonds. The van der Waals surface area contributed by atoms with Crippen molar-refractivity contribution in [1.82, 2.24) is 4.57 Å². The molecule has 9 heteroatoms. The maximum absolute atomic E-state index is 13.6. The molecule has 0 bridgehead atoms. The number of amides is 1. The molecule has 5 rings (SSSR count). The largest absolute Gasteiger partial charge is 0.497 e. The van der Waals surface area contributed by atoms with Gasteiger partial charge in [0.25, 0.3) is 11.5 Å². The third-order valence-corrected chi connectivity index (χ3v) is 7.01. The molecule has 0 spiro atoms. The van der Waals surface area contributed by atoms with Crippen molar-refractivity contribution in [3.63, 3.8) is 0 Å². The molecule has 2 aromatic heterocycles. The Labute approximate surface area is 212 Å². The molecule has 176 valence electrons. The minimum Gasteiger partial charge on any atom is -0.497 e. The third-order valence-electron chi connectivity index (χ3n) is 5.60. The second kappa shape index (κ2) is 9.52. The number of methoxy groups -OCH3 is 1. The van der Waals surface area contributed by atoms with E-state index in [9.17, 15) is 9.59 Å². The van der Waals surface area contributed by atoms with Crippen molar-refractivity contribution in [2.24, 2.45) is 4.99 Å². The number of rotatable bonds is 5. The van der Waals surface area contributed by atoms with Crippen LogP contribution in [0.3, 0.4) is 0 Å². The number of aromatic nitrogens is 1. The Balaban J connectivity index is 1.67. The van der Waals surface area contributed by atoms with Crippen LogP contribution in [0.2, 0.25) is 0 Å². The molecule has 0 radical (unpaired) electrons. The summed E-state index contributed by atoms with van der Waals surface area (Å²) in [5.74, 6) is 0.906. The topological polar surface area (TPSA) is 85.8 Å². The lowest BCUT2D eigenvalue weighted by Gasteiger charge is -2.25. The summed E-state index contributed by atoms with van der Waals surface area (Å²) in [6, 6.07) is 19.4. The van der Waals surface area contributed by atoms with Gasteiger partial charge >= 0.3 is 0 Å². The highest BCUT2D eigenvalue weighted by Gasteiger charge is 2.32. The standard InChI is InChI=1S/C26H20BrN3O4S/c1-15-22(24(31)29-17-6-4-3-5-7-17)23(16-8-10-18(33-2)11-9-16)30-25(32)20(35-26(30)28-15)14-19-12-13-21(27)34-19/h3-14,23H,1-2H3,(H,29,31)/b20-14+/t23-/m1/s1. The van der Waals surface area contributed by atoms with E-state index in [0.717, 1.165) is 5.56 Å². The number of carbonyl (C=O) groups excluding carboxylic acids is 1. The fraction of sp³-hybridized carbons (Fsp3) is 0.115. The van der Waals surface area contributed by atoms with Gasteiger partial charge in [-0.3, -0.25) is 14.2 Å². The number of hydrogen-bond acceptors (Lipinski definition) is 6. The van der Waals surface area contributed by atoms with Gasteiger partial charge in [-0.15, -0.1) is 0 Å². The van der Waals surface area contributed by atoms with Crippen LogP contribution >= 0.6 is 27.3 Å². The summed E-state index contributed by atoms with van der Waals surface area (Å²) in [5, 5.41) is 2.94. The van der Waals surface area contributed by atoms with Gasteiger partial charge in [-0.1, -0.05) is 41.7 Å². The molecule has 0 aliphatic carbocycles. The van der Waals surface area contributed by atoms with Gasteiger partial charge in [0.1, 0.15) is 11.5 Å². The molecule has 1 atom stereocenters. The first kappa shape index (κ1) is 23.1. The Morgan fingerprint density at radius 3 is 2.54 bits per heavy atom. The number of fused-ring (bicyclic) bond motifs is 1. The van der Waals surface area contributed by atoms with Crippen molar-refractivity contribution in [2.75, 3.05) is 12.4 Å². The summed E-state index contributed by atoms with van der Waals surface area (Å²) in [6.07, 6.45) is 1.68. The Bertz CT molecular complexity index is 1620. The summed E-state index contributed by atoms with van der Waals surface area (Å²) >= 11 is 4.54. The molecule has 2 aromatic carbocycles. The Kier molecular flexibility index (Phi) is 6.27. The lowest BCUT2D eigenvalue weighted by molar-refractivity contribution is -0.113. The average molecular weight is 550 g/mol. The predicted molar refractivity (Wildman–Crippen MR) is 138 cm³/mol. The predicted octanol–water partition coefficient (Wildman–Crippen LogP) is 4.24. The van der Waals surface area contributed by atoms with Gasteiger partial charge < -0.3 is 14.5 Å². The van der Waals surface area contributed by atoms with E-state index in [4.69, 9.17) is 9.15 Å². The Hall–Kier alpha value is -3.69. The zero-order chi connectivity index (χ0) is 24.5. The molecule has 7 nitrogen and oxygen atoms in total. The van der Waals surface area contributed by atoms with E-state index in [-0.39, 0.29) is 11.5 Å². The van der Waals surface area contributed by atoms with E-state index in [2.05, 4.69) is 26.2 Å². The molecular weight excluding hydrogens is 530 g/mol. The number of ether oxygens (including phenoxy) is 1. The minimum atomic E-state index is -0.661. The molecular formula is C26H20BrN3O4S. The molecule has 0 saturated heterocycles. The van der Waals surface area contributed by atoms with Crippen molar-refractivity contribution in [3.05, 3.63) is 114 Å². The number of hydrogen-bond donors (Lipinski definition) is 1. The van der Waals surface area contributed by atoms with Crippen LogP contribution in [0.25, 0.3) is 6.08 Å². The third kappa shape index (κ3) is 4.52. The van der Waals surface area contributed by atoms with Crippen molar-refractivity contribution < 1.29 is 13.9 Å². The van der Waals surface area contributed by atoms with Crippen LogP contribution in [0.1, 0.15) is 24.3 Å². The number of carbonyl (C=O) groups is 1. The molecule has 1 N–H and O–H groups in total. The summed E-state index contributed by atoms with van der Waals surface area (Å²) in [5.41, 5.74) is 2.13. The van der Waals surface area contributed by atoms with E-state index < -0.39 is 6.04 Å². The van der Waals surface area contributed by atoms with Crippen LogP contribution in [0, 0.1) is 0 Å². The van der Waals surface area contributed by atoms with Crippen molar-refractivity contribution >= 4 is 44.9 Å².